The van der Waals surface area contributed by atoms with Gasteiger partial charge in [0.1, 0.15) is 12.1 Å². The van der Waals surface area contributed by atoms with Crippen LogP contribution in [-0.2, 0) is 21.4 Å². The number of amides is 1. The monoisotopic (exact) mass is 450 g/mol. The molecule has 1 aromatic heterocycles. The number of carbonyl (C=O) groups is 2. The molecule has 0 saturated carbocycles. The number of aryl methyl sites for hydroxylation is 3. The molecular weight excluding hydrogens is 416 g/mol. The van der Waals surface area contributed by atoms with Gasteiger partial charge in [-0.05, 0) is 75.0 Å². The lowest BCUT2D eigenvalue weighted by molar-refractivity contribution is -0.152. The Bertz CT molecular complexity index is 1060. The number of ether oxygens (including phenoxy) is 1. The third-order valence-electron chi connectivity index (χ3n) is 6.84. The predicted octanol–water partition coefficient (Wildman–Crippen LogP) is 3.74. The molecule has 2 aromatic rings. The van der Waals surface area contributed by atoms with Crippen LogP contribution in [-0.4, -0.2) is 57.8 Å². The summed E-state index contributed by atoms with van der Waals surface area (Å²) in [6.45, 7) is 7.23. The van der Waals surface area contributed by atoms with Crippen molar-refractivity contribution in [1.82, 2.24) is 14.5 Å². The molecule has 176 valence electrons. The molecule has 2 aliphatic rings. The van der Waals surface area contributed by atoms with Crippen molar-refractivity contribution < 1.29 is 14.3 Å². The Morgan fingerprint density at radius 2 is 1.97 bits per heavy atom. The van der Waals surface area contributed by atoms with Gasteiger partial charge in [-0.1, -0.05) is 18.6 Å². The van der Waals surface area contributed by atoms with E-state index in [9.17, 15) is 9.59 Å². The van der Waals surface area contributed by atoms with E-state index in [1.54, 1.807) is 5.01 Å². The summed E-state index contributed by atoms with van der Waals surface area (Å²) >= 11 is 0. The van der Waals surface area contributed by atoms with Crippen LogP contribution in [0.2, 0.25) is 0 Å². The van der Waals surface area contributed by atoms with E-state index in [0.717, 1.165) is 36.2 Å². The van der Waals surface area contributed by atoms with Crippen molar-refractivity contribution in [2.75, 3.05) is 19.7 Å². The molecule has 1 amide bonds. The molecule has 1 aromatic carbocycles. The fourth-order valence-corrected chi connectivity index (χ4v) is 4.82. The SMILES string of the molecule is CCOC(=O)[C@H]1CCCCN1CC(=O)N1N=C(c2ccc(C)c(C)c2)C[C@H]1c1cccn1C. The Hall–Kier alpha value is -2.93. The molecule has 2 atom stereocenters. The number of aromatic nitrogens is 1. The highest BCUT2D eigenvalue weighted by molar-refractivity contribution is 6.03. The fraction of sp³-hybridized carbons (Fsp3) is 0.500. The maximum atomic E-state index is 13.6. The number of likely N-dealkylation sites (tertiary alicyclic amines) is 1. The number of carbonyl (C=O) groups excluding carboxylic acids is 2. The van der Waals surface area contributed by atoms with Gasteiger partial charge >= 0.3 is 5.97 Å². The van der Waals surface area contributed by atoms with Crippen molar-refractivity contribution in [3.05, 3.63) is 58.9 Å². The molecule has 0 aliphatic carbocycles. The molecule has 0 bridgehead atoms. The summed E-state index contributed by atoms with van der Waals surface area (Å²) in [6, 6.07) is 9.85. The molecule has 2 aliphatic heterocycles. The third-order valence-corrected chi connectivity index (χ3v) is 6.84. The summed E-state index contributed by atoms with van der Waals surface area (Å²) in [5.41, 5.74) is 5.46. The molecule has 1 fully saturated rings. The van der Waals surface area contributed by atoms with Gasteiger partial charge in [0.2, 0.25) is 0 Å². The van der Waals surface area contributed by atoms with Gasteiger partial charge in [-0.2, -0.15) is 5.10 Å². The normalized spacial score (nSPS) is 21.2. The molecule has 0 spiro atoms. The standard InChI is InChI=1S/C26H34N4O3/c1-5-33-26(32)23-9-6-7-14-29(23)17-25(31)30-24(22-10-8-13-28(22)4)16-21(27-30)20-12-11-18(2)19(3)15-20/h8,10-13,15,23-24H,5-7,9,14,16-17H2,1-4H3/t23-,24+/m1/s1. The Labute approximate surface area is 196 Å². The van der Waals surface area contributed by atoms with Crippen molar-refractivity contribution in [1.29, 1.82) is 0 Å². The zero-order valence-corrected chi connectivity index (χ0v) is 20.1. The average Bonchev–Trinajstić information content (AvgIpc) is 3.42. The first kappa shape index (κ1) is 23.2. The number of hydrogen-bond donors (Lipinski definition) is 0. The van der Waals surface area contributed by atoms with Gasteiger partial charge in [0.15, 0.2) is 0 Å². The molecule has 4 rings (SSSR count). The molecule has 7 heteroatoms. The number of nitrogens with zero attached hydrogens (tertiary/aromatic N) is 4. The van der Waals surface area contributed by atoms with Gasteiger partial charge in [0, 0.05) is 25.4 Å². The maximum Gasteiger partial charge on any atom is 0.323 e. The summed E-state index contributed by atoms with van der Waals surface area (Å²) in [5.74, 6) is -0.319. The first-order valence-electron chi connectivity index (χ1n) is 11.9. The third kappa shape index (κ3) is 4.88. The van der Waals surface area contributed by atoms with Crippen LogP contribution in [0.15, 0.2) is 41.6 Å². The molecule has 0 unspecified atom stereocenters. The van der Waals surface area contributed by atoms with Crippen LogP contribution < -0.4 is 0 Å². The second-order valence-corrected chi connectivity index (χ2v) is 9.08. The van der Waals surface area contributed by atoms with Crippen LogP contribution >= 0.6 is 0 Å². The summed E-state index contributed by atoms with van der Waals surface area (Å²) < 4.78 is 7.32. The second-order valence-electron chi connectivity index (χ2n) is 9.08. The van der Waals surface area contributed by atoms with E-state index in [1.165, 1.54) is 11.1 Å². The van der Waals surface area contributed by atoms with Gasteiger partial charge < -0.3 is 9.30 Å². The van der Waals surface area contributed by atoms with E-state index in [2.05, 4.69) is 32.0 Å². The highest BCUT2D eigenvalue weighted by Crippen LogP contribution is 2.33. The number of esters is 1. The molecule has 3 heterocycles. The first-order valence-corrected chi connectivity index (χ1v) is 11.9. The maximum absolute atomic E-state index is 13.6. The quantitative estimate of drug-likeness (QED) is 0.629. The highest BCUT2D eigenvalue weighted by Gasteiger charge is 2.37. The van der Waals surface area contributed by atoms with Crippen molar-refractivity contribution >= 4 is 17.6 Å². The zero-order chi connectivity index (χ0) is 23.5. The first-order chi connectivity index (χ1) is 15.9. The van der Waals surface area contributed by atoms with E-state index in [1.807, 2.05) is 41.8 Å². The van der Waals surface area contributed by atoms with Gasteiger partial charge in [0.25, 0.3) is 5.91 Å². The van der Waals surface area contributed by atoms with E-state index in [-0.39, 0.29) is 30.5 Å². The summed E-state index contributed by atoms with van der Waals surface area (Å²) in [7, 11) is 1.99. The molecule has 0 radical (unpaired) electrons. The molecule has 0 N–H and O–H groups in total. The van der Waals surface area contributed by atoms with E-state index in [4.69, 9.17) is 9.84 Å². The second kappa shape index (κ2) is 9.91. The summed E-state index contributed by atoms with van der Waals surface area (Å²) in [5, 5.41) is 6.46. The highest BCUT2D eigenvalue weighted by atomic mass is 16.5. The van der Waals surface area contributed by atoms with Gasteiger partial charge in [-0.15, -0.1) is 0 Å². The van der Waals surface area contributed by atoms with Crippen molar-refractivity contribution in [2.24, 2.45) is 12.1 Å². The van der Waals surface area contributed by atoms with Crippen LogP contribution in [0.3, 0.4) is 0 Å². The minimum absolute atomic E-state index is 0.0868. The topological polar surface area (TPSA) is 67.1 Å². The Balaban J connectivity index is 1.60. The van der Waals surface area contributed by atoms with E-state index >= 15 is 0 Å². The lowest BCUT2D eigenvalue weighted by atomic mass is 9.98. The summed E-state index contributed by atoms with van der Waals surface area (Å²) in [4.78, 5) is 28.0. The van der Waals surface area contributed by atoms with Crippen LogP contribution in [0.4, 0.5) is 0 Å². The smallest absolute Gasteiger partial charge is 0.323 e. The number of rotatable bonds is 6. The van der Waals surface area contributed by atoms with E-state index in [0.29, 0.717) is 19.6 Å². The Morgan fingerprint density at radius 1 is 1.15 bits per heavy atom. The Morgan fingerprint density at radius 3 is 2.67 bits per heavy atom. The molecule has 1 saturated heterocycles. The van der Waals surface area contributed by atoms with Crippen LogP contribution in [0.1, 0.15) is 61.0 Å². The summed E-state index contributed by atoms with van der Waals surface area (Å²) in [6.07, 6.45) is 5.33. The lowest BCUT2D eigenvalue weighted by Crippen LogP contribution is -2.49. The number of hydrogen-bond acceptors (Lipinski definition) is 5. The lowest BCUT2D eigenvalue weighted by Gasteiger charge is -2.34. The van der Waals surface area contributed by atoms with Crippen molar-refractivity contribution in [2.45, 2.75) is 58.5 Å². The van der Waals surface area contributed by atoms with Gasteiger partial charge in [0.05, 0.1) is 18.9 Å². The predicted molar refractivity (Wildman–Crippen MR) is 128 cm³/mol. The number of benzene rings is 1. The van der Waals surface area contributed by atoms with Crippen LogP contribution in [0.25, 0.3) is 0 Å². The molecule has 33 heavy (non-hydrogen) atoms. The number of piperidine rings is 1. The minimum Gasteiger partial charge on any atom is -0.465 e. The molecule has 7 nitrogen and oxygen atoms in total. The largest absolute Gasteiger partial charge is 0.465 e. The number of hydrazone groups is 1. The van der Waals surface area contributed by atoms with Crippen molar-refractivity contribution in [3.63, 3.8) is 0 Å². The van der Waals surface area contributed by atoms with Gasteiger partial charge in [-0.3, -0.25) is 14.5 Å². The average molecular weight is 451 g/mol. The zero-order valence-electron chi connectivity index (χ0n) is 20.1. The molecular formula is C26H34N4O3. The fourth-order valence-electron chi connectivity index (χ4n) is 4.82. The van der Waals surface area contributed by atoms with Crippen LogP contribution in [0.5, 0.6) is 0 Å². The Kier molecular flexibility index (Phi) is 6.98. The van der Waals surface area contributed by atoms with Crippen molar-refractivity contribution in [3.8, 4) is 0 Å². The minimum atomic E-state index is -0.359. The van der Waals surface area contributed by atoms with E-state index < -0.39 is 0 Å². The van der Waals surface area contributed by atoms with Gasteiger partial charge in [-0.25, -0.2) is 5.01 Å². The van der Waals surface area contributed by atoms with Crippen LogP contribution in [0, 0.1) is 13.8 Å².